The summed E-state index contributed by atoms with van der Waals surface area (Å²) in [6.07, 6.45) is 6.24. The van der Waals surface area contributed by atoms with Crippen molar-refractivity contribution in [2.75, 3.05) is 0 Å². The smallest absolute Gasteiger partial charge is 0.226 e. The molecular formula is C25H25N5O2. The van der Waals surface area contributed by atoms with E-state index in [4.69, 9.17) is 4.74 Å². The highest BCUT2D eigenvalue weighted by molar-refractivity contribution is 5.83. The van der Waals surface area contributed by atoms with Gasteiger partial charge in [0.15, 0.2) is 0 Å². The third kappa shape index (κ3) is 3.93. The van der Waals surface area contributed by atoms with Crippen LogP contribution >= 0.6 is 0 Å². The Morgan fingerprint density at radius 1 is 1.19 bits per heavy atom. The van der Waals surface area contributed by atoms with Crippen LogP contribution in [0.5, 0.6) is 5.75 Å². The standard InChI is InChI=1S/C25H25N5O2/c1-16-10-19(8-9-26-16)30-22-15-27-18(11-17(22)14-28-30)12-24(31)29-21-13-25(2,3)32-23-7-5-4-6-20(21)23/h4-11,14-15,21H,12-13H2,1-3H3,(H,29,31). The van der Waals surface area contributed by atoms with Gasteiger partial charge in [-0.25, -0.2) is 4.68 Å². The number of amides is 1. The minimum absolute atomic E-state index is 0.0634. The average Bonchev–Trinajstić information content (AvgIpc) is 3.16. The third-order valence-electron chi connectivity index (χ3n) is 5.69. The highest BCUT2D eigenvalue weighted by Crippen LogP contribution is 2.39. The van der Waals surface area contributed by atoms with Gasteiger partial charge in [0.25, 0.3) is 0 Å². The van der Waals surface area contributed by atoms with Crippen LogP contribution in [0.15, 0.2) is 61.1 Å². The topological polar surface area (TPSA) is 81.9 Å². The second-order valence-corrected chi connectivity index (χ2v) is 8.85. The van der Waals surface area contributed by atoms with Gasteiger partial charge in [-0.15, -0.1) is 0 Å². The van der Waals surface area contributed by atoms with Gasteiger partial charge in [0.05, 0.1) is 41.8 Å². The molecule has 1 amide bonds. The molecule has 32 heavy (non-hydrogen) atoms. The van der Waals surface area contributed by atoms with Crippen molar-refractivity contribution in [1.82, 2.24) is 25.1 Å². The lowest BCUT2D eigenvalue weighted by Gasteiger charge is -2.37. The van der Waals surface area contributed by atoms with Gasteiger partial charge < -0.3 is 10.1 Å². The summed E-state index contributed by atoms with van der Waals surface area (Å²) in [6.45, 7) is 6.03. The summed E-state index contributed by atoms with van der Waals surface area (Å²) in [4.78, 5) is 21.7. The Labute approximate surface area is 186 Å². The van der Waals surface area contributed by atoms with Crippen molar-refractivity contribution >= 4 is 16.8 Å². The van der Waals surface area contributed by atoms with Crippen LogP contribution in [0.3, 0.4) is 0 Å². The van der Waals surface area contributed by atoms with E-state index >= 15 is 0 Å². The molecule has 5 rings (SSSR count). The molecule has 4 aromatic rings. The number of fused-ring (bicyclic) bond motifs is 2. The number of para-hydroxylation sites is 1. The molecule has 162 valence electrons. The summed E-state index contributed by atoms with van der Waals surface area (Å²) < 4.78 is 7.90. The maximum atomic E-state index is 12.9. The number of benzene rings is 1. The maximum absolute atomic E-state index is 12.9. The lowest BCUT2D eigenvalue weighted by molar-refractivity contribution is -0.121. The van der Waals surface area contributed by atoms with Crippen molar-refractivity contribution < 1.29 is 9.53 Å². The molecule has 0 saturated carbocycles. The molecule has 1 aromatic carbocycles. The first-order valence-corrected chi connectivity index (χ1v) is 10.7. The minimum Gasteiger partial charge on any atom is -0.487 e. The Hall–Kier alpha value is -3.74. The molecule has 1 N–H and O–H groups in total. The lowest BCUT2D eigenvalue weighted by atomic mass is 9.89. The highest BCUT2D eigenvalue weighted by atomic mass is 16.5. The Kier molecular flexibility index (Phi) is 4.89. The minimum atomic E-state index is -0.344. The van der Waals surface area contributed by atoms with Gasteiger partial charge in [-0.3, -0.25) is 14.8 Å². The summed E-state index contributed by atoms with van der Waals surface area (Å²) in [5.74, 6) is 0.763. The number of nitrogens with zero attached hydrogens (tertiary/aromatic N) is 4. The molecule has 7 heteroatoms. The highest BCUT2D eigenvalue weighted by Gasteiger charge is 2.34. The predicted octanol–water partition coefficient (Wildman–Crippen LogP) is 4.09. The van der Waals surface area contributed by atoms with Crippen molar-refractivity contribution in [2.45, 2.75) is 45.3 Å². The molecule has 1 aliphatic rings. The van der Waals surface area contributed by atoms with Crippen molar-refractivity contribution in [3.63, 3.8) is 0 Å². The molecule has 0 aliphatic carbocycles. The van der Waals surface area contributed by atoms with E-state index in [1.165, 1.54) is 0 Å². The molecule has 1 unspecified atom stereocenters. The largest absolute Gasteiger partial charge is 0.487 e. The molecule has 3 aromatic heterocycles. The molecule has 0 bridgehead atoms. The molecule has 1 atom stereocenters. The third-order valence-corrected chi connectivity index (χ3v) is 5.69. The first-order valence-electron chi connectivity index (χ1n) is 10.7. The van der Waals surface area contributed by atoms with Crippen molar-refractivity contribution in [2.24, 2.45) is 0 Å². The Morgan fingerprint density at radius 3 is 2.88 bits per heavy atom. The second-order valence-electron chi connectivity index (χ2n) is 8.85. The van der Waals surface area contributed by atoms with E-state index in [9.17, 15) is 4.79 Å². The van der Waals surface area contributed by atoms with E-state index in [0.29, 0.717) is 12.1 Å². The van der Waals surface area contributed by atoms with Crippen LogP contribution in [0.4, 0.5) is 0 Å². The van der Waals surface area contributed by atoms with E-state index in [2.05, 4.69) is 20.4 Å². The quantitative estimate of drug-likeness (QED) is 0.531. The zero-order chi connectivity index (χ0) is 22.3. The summed E-state index contributed by atoms with van der Waals surface area (Å²) in [5.41, 5.74) is 4.12. The summed E-state index contributed by atoms with van der Waals surface area (Å²) in [5, 5.41) is 8.61. The molecule has 7 nitrogen and oxygen atoms in total. The normalized spacial score (nSPS) is 16.9. The van der Waals surface area contributed by atoms with Crippen LogP contribution in [0, 0.1) is 6.92 Å². The van der Waals surface area contributed by atoms with Gasteiger partial charge in [0.1, 0.15) is 11.4 Å². The number of rotatable bonds is 4. The first-order chi connectivity index (χ1) is 15.4. The second kappa shape index (κ2) is 7.75. The van der Waals surface area contributed by atoms with E-state index in [-0.39, 0.29) is 24.0 Å². The molecule has 4 heterocycles. The number of carbonyl (C=O) groups is 1. The molecule has 0 radical (unpaired) electrons. The number of ether oxygens (including phenoxy) is 1. The van der Waals surface area contributed by atoms with Crippen LogP contribution in [0.1, 0.15) is 43.3 Å². The van der Waals surface area contributed by atoms with Crippen LogP contribution in [-0.2, 0) is 11.2 Å². The fourth-order valence-corrected chi connectivity index (χ4v) is 4.28. The van der Waals surface area contributed by atoms with Crippen LogP contribution in [-0.4, -0.2) is 31.3 Å². The van der Waals surface area contributed by atoms with Crippen molar-refractivity contribution in [3.8, 4) is 11.4 Å². The van der Waals surface area contributed by atoms with Crippen molar-refractivity contribution in [1.29, 1.82) is 0 Å². The summed E-state index contributed by atoms with van der Waals surface area (Å²) in [6, 6.07) is 13.6. The monoisotopic (exact) mass is 427 g/mol. The number of hydrogen-bond donors (Lipinski definition) is 1. The van der Waals surface area contributed by atoms with Gasteiger partial charge in [0, 0.05) is 29.3 Å². The van der Waals surface area contributed by atoms with Crippen LogP contribution in [0.2, 0.25) is 0 Å². The number of pyridine rings is 2. The predicted molar refractivity (Wildman–Crippen MR) is 122 cm³/mol. The average molecular weight is 428 g/mol. The Bertz CT molecular complexity index is 1310. The zero-order valence-corrected chi connectivity index (χ0v) is 18.4. The van der Waals surface area contributed by atoms with Gasteiger partial charge >= 0.3 is 0 Å². The zero-order valence-electron chi connectivity index (χ0n) is 18.4. The number of aryl methyl sites for hydroxylation is 1. The molecule has 0 saturated heterocycles. The molecule has 0 spiro atoms. The summed E-state index contributed by atoms with van der Waals surface area (Å²) in [7, 11) is 0. The number of hydrogen-bond acceptors (Lipinski definition) is 5. The van der Waals surface area contributed by atoms with Crippen LogP contribution in [0.25, 0.3) is 16.6 Å². The van der Waals surface area contributed by atoms with E-state index in [0.717, 1.165) is 33.6 Å². The Balaban J connectivity index is 1.34. The SMILES string of the molecule is Cc1cc(-n2ncc3cc(CC(=O)NC4CC(C)(C)Oc5ccccc54)ncc32)ccn1. The number of carbonyl (C=O) groups excluding carboxylic acids is 1. The Morgan fingerprint density at radius 2 is 2.03 bits per heavy atom. The maximum Gasteiger partial charge on any atom is 0.226 e. The van der Waals surface area contributed by atoms with Crippen molar-refractivity contribution in [3.05, 3.63) is 78.0 Å². The number of aromatic nitrogens is 4. The first kappa shape index (κ1) is 20.2. The molecule has 0 fully saturated rings. The van der Waals surface area contributed by atoms with Gasteiger partial charge in [-0.2, -0.15) is 5.10 Å². The van der Waals surface area contributed by atoms with E-state index < -0.39 is 0 Å². The van der Waals surface area contributed by atoms with Gasteiger partial charge in [0.2, 0.25) is 5.91 Å². The number of nitrogens with one attached hydrogen (secondary N) is 1. The van der Waals surface area contributed by atoms with E-state index in [1.807, 2.05) is 67.9 Å². The van der Waals surface area contributed by atoms with Gasteiger partial charge in [-0.05, 0) is 45.0 Å². The summed E-state index contributed by atoms with van der Waals surface area (Å²) >= 11 is 0. The van der Waals surface area contributed by atoms with Crippen LogP contribution < -0.4 is 10.1 Å². The fourth-order valence-electron chi connectivity index (χ4n) is 4.28. The fraction of sp³-hybridized carbons (Fsp3) is 0.280. The van der Waals surface area contributed by atoms with Gasteiger partial charge in [-0.1, -0.05) is 18.2 Å². The molecular weight excluding hydrogens is 402 g/mol. The molecule has 1 aliphatic heterocycles. The van der Waals surface area contributed by atoms with E-state index in [1.54, 1.807) is 18.6 Å². The lowest BCUT2D eigenvalue weighted by Crippen LogP contribution is -2.41.